The zero-order valence-electron chi connectivity index (χ0n) is 10.9. The van der Waals surface area contributed by atoms with Crippen LogP contribution in [0.2, 0.25) is 0 Å². The van der Waals surface area contributed by atoms with Gasteiger partial charge < -0.3 is 4.57 Å². The van der Waals surface area contributed by atoms with E-state index >= 15 is 0 Å². The number of rotatable bonds is 6. The Balaban J connectivity index is 1.77. The second kappa shape index (κ2) is 6.59. The maximum atomic E-state index is 4.16. The SMILES string of the molecule is CC(C)n1cnnc1SCCCc1ccccc1. The molecule has 1 aromatic carbocycles. The van der Waals surface area contributed by atoms with Gasteiger partial charge >= 0.3 is 0 Å². The molecule has 0 bridgehead atoms. The van der Waals surface area contributed by atoms with Gasteiger partial charge in [0.25, 0.3) is 0 Å². The number of benzene rings is 1. The number of hydrogen-bond acceptors (Lipinski definition) is 3. The molecule has 1 aromatic heterocycles. The minimum atomic E-state index is 0.427. The van der Waals surface area contributed by atoms with Crippen molar-refractivity contribution in [3.05, 3.63) is 42.2 Å². The van der Waals surface area contributed by atoms with Gasteiger partial charge in [-0.1, -0.05) is 42.1 Å². The predicted molar refractivity (Wildman–Crippen MR) is 75.9 cm³/mol. The summed E-state index contributed by atoms with van der Waals surface area (Å²) >= 11 is 1.79. The van der Waals surface area contributed by atoms with E-state index in [1.54, 1.807) is 11.8 Å². The Labute approximate surface area is 113 Å². The van der Waals surface area contributed by atoms with Crippen LogP contribution in [0.4, 0.5) is 0 Å². The molecule has 0 amide bonds. The molecule has 0 saturated heterocycles. The second-order valence-corrected chi connectivity index (χ2v) is 5.61. The smallest absolute Gasteiger partial charge is 0.191 e. The molecule has 2 aromatic rings. The van der Waals surface area contributed by atoms with E-state index in [1.165, 1.54) is 12.0 Å². The van der Waals surface area contributed by atoms with Gasteiger partial charge in [0.05, 0.1) is 0 Å². The quantitative estimate of drug-likeness (QED) is 0.588. The summed E-state index contributed by atoms with van der Waals surface area (Å²) < 4.78 is 2.12. The summed E-state index contributed by atoms with van der Waals surface area (Å²) in [7, 11) is 0. The average molecular weight is 261 g/mol. The van der Waals surface area contributed by atoms with Crippen LogP contribution in [0.15, 0.2) is 41.8 Å². The standard InChI is InChI=1S/C14H19N3S/c1-12(2)17-11-15-16-14(17)18-10-6-9-13-7-4-3-5-8-13/h3-5,7-8,11-12H,6,9-10H2,1-2H3. The van der Waals surface area contributed by atoms with Crippen LogP contribution in [0.25, 0.3) is 0 Å². The Hall–Kier alpha value is -1.29. The van der Waals surface area contributed by atoms with Crippen molar-refractivity contribution >= 4 is 11.8 Å². The molecule has 0 aliphatic carbocycles. The molecule has 96 valence electrons. The van der Waals surface area contributed by atoms with Crippen molar-refractivity contribution in [2.24, 2.45) is 0 Å². The summed E-state index contributed by atoms with van der Waals surface area (Å²) in [6.45, 7) is 4.30. The Morgan fingerprint density at radius 3 is 2.72 bits per heavy atom. The lowest BCUT2D eigenvalue weighted by Gasteiger charge is -2.09. The Bertz CT molecular complexity index is 465. The van der Waals surface area contributed by atoms with Gasteiger partial charge in [-0.05, 0) is 32.3 Å². The lowest BCUT2D eigenvalue weighted by atomic mass is 10.1. The summed E-state index contributed by atoms with van der Waals surface area (Å²) in [6, 6.07) is 11.0. The van der Waals surface area contributed by atoms with Crippen LogP contribution < -0.4 is 0 Å². The van der Waals surface area contributed by atoms with Crippen LogP contribution in [0.5, 0.6) is 0 Å². The van der Waals surface area contributed by atoms with Crippen molar-refractivity contribution in [1.82, 2.24) is 14.8 Å². The largest absolute Gasteiger partial charge is 0.306 e. The maximum absolute atomic E-state index is 4.16. The van der Waals surface area contributed by atoms with Gasteiger partial charge in [-0.15, -0.1) is 10.2 Å². The molecule has 0 N–H and O–H groups in total. The summed E-state index contributed by atoms with van der Waals surface area (Å²) in [5.41, 5.74) is 1.41. The third-order valence-corrected chi connectivity index (χ3v) is 3.82. The maximum Gasteiger partial charge on any atom is 0.191 e. The zero-order valence-corrected chi connectivity index (χ0v) is 11.7. The van der Waals surface area contributed by atoms with Gasteiger partial charge in [0.15, 0.2) is 5.16 Å². The first-order chi connectivity index (χ1) is 8.77. The number of aromatic nitrogens is 3. The average Bonchev–Trinajstić information content (AvgIpc) is 2.84. The first-order valence-electron chi connectivity index (χ1n) is 6.33. The van der Waals surface area contributed by atoms with Crippen molar-refractivity contribution in [1.29, 1.82) is 0 Å². The summed E-state index contributed by atoms with van der Waals surface area (Å²) in [5, 5.41) is 9.16. The molecule has 3 nitrogen and oxygen atoms in total. The van der Waals surface area contributed by atoms with Crippen molar-refractivity contribution in [2.45, 2.75) is 37.9 Å². The second-order valence-electron chi connectivity index (χ2n) is 4.55. The van der Waals surface area contributed by atoms with E-state index < -0.39 is 0 Å². The van der Waals surface area contributed by atoms with Crippen LogP contribution >= 0.6 is 11.8 Å². The third-order valence-electron chi connectivity index (χ3n) is 2.78. The van der Waals surface area contributed by atoms with Gasteiger partial charge in [-0.25, -0.2) is 0 Å². The van der Waals surface area contributed by atoms with Crippen LogP contribution in [-0.2, 0) is 6.42 Å². The molecule has 0 atom stereocenters. The van der Waals surface area contributed by atoms with Crippen molar-refractivity contribution in [3.63, 3.8) is 0 Å². The van der Waals surface area contributed by atoms with E-state index in [1.807, 2.05) is 6.33 Å². The molecule has 0 saturated carbocycles. The van der Waals surface area contributed by atoms with Gasteiger partial charge in [-0.2, -0.15) is 0 Å². The predicted octanol–water partition coefficient (Wildman–Crippen LogP) is 3.58. The molecule has 0 aliphatic heterocycles. The highest BCUT2D eigenvalue weighted by molar-refractivity contribution is 7.99. The number of hydrogen-bond donors (Lipinski definition) is 0. The van der Waals surface area contributed by atoms with Gasteiger partial charge in [-0.3, -0.25) is 0 Å². The molecule has 0 unspecified atom stereocenters. The minimum absolute atomic E-state index is 0.427. The normalized spacial score (nSPS) is 11.1. The van der Waals surface area contributed by atoms with Crippen molar-refractivity contribution < 1.29 is 0 Å². The van der Waals surface area contributed by atoms with E-state index in [0.717, 1.165) is 17.3 Å². The molecule has 0 radical (unpaired) electrons. The molecule has 0 fully saturated rings. The van der Waals surface area contributed by atoms with E-state index in [-0.39, 0.29) is 0 Å². The lowest BCUT2D eigenvalue weighted by Crippen LogP contribution is -2.01. The van der Waals surface area contributed by atoms with Crippen molar-refractivity contribution in [2.75, 3.05) is 5.75 Å². The fourth-order valence-electron chi connectivity index (χ4n) is 1.77. The Morgan fingerprint density at radius 1 is 1.22 bits per heavy atom. The van der Waals surface area contributed by atoms with E-state index in [0.29, 0.717) is 6.04 Å². The Kier molecular flexibility index (Phi) is 4.81. The van der Waals surface area contributed by atoms with E-state index in [2.05, 4.69) is 58.9 Å². The molecular weight excluding hydrogens is 242 g/mol. The third kappa shape index (κ3) is 3.60. The fraction of sp³-hybridized carbons (Fsp3) is 0.429. The van der Waals surface area contributed by atoms with Crippen LogP contribution in [0.1, 0.15) is 31.9 Å². The molecule has 2 rings (SSSR count). The number of aryl methyl sites for hydroxylation is 1. The number of thioether (sulfide) groups is 1. The van der Waals surface area contributed by atoms with Crippen molar-refractivity contribution in [3.8, 4) is 0 Å². The summed E-state index contributed by atoms with van der Waals surface area (Å²) in [4.78, 5) is 0. The molecular formula is C14H19N3S. The van der Waals surface area contributed by atoms with Crippen LogP contribution in [0, 0.1) is 0 Å². The highest BCUT2D eigenvalue weighted by Crippen LogP contribution is 2.20. The highest BCUT2D eigenvalue weighted by Gasteiger charge is 2.07. The first-order valence-corrected chi connectivity index (χ1v) is 7.32. The van der Waals surface area contributed by atoms with Gasteiger partial charge in [0.2, 0.25) is 0 Å². The lowest BCUT2D eigenvalue weighted by molar-refractivity contribution is 0.549. The topological polar surface area (TPSA) is 30.7 Å². The fourth-order valence-corrected chi connectivity index (χ4v) is 2.76. The highest BCUT2D eigenvalue weighted by atomic mass is 32.2. The van der Waals surface area contributed by atoms with Gasteiger partial charge in [0, 0.05) is 11.8 Å². The minimum Gasteiger partial charge on any atom is -0.306 e. The molecule has 0 aliphatic rings. The Morgan fingerprint density at radius 2 is 2.00 bits per heavy atom. The molecule has 0 spiro atoms. The zero-order chi connectivity index (χ0) is 12.8. The molecule has 18 heavy (non-hydrogen) atoms. The summed E-state index contributed by atoms with van der Waals surface area (Å²) in [6.07, 6.45) is 4.10. The number of nitrogens with zero attached hydrogens (tertiary/aromatic N) is 3. The first kappa shape index (κ1) is 13.1. The summed E-state index contributed by atoms with van der Waals surface area (Å²) in [5.74, 6) is 1.08. The van der Waals surface area contributed by atoms with E-state index in [4.69, 9.17) is 0 Å². The molecule has 1 heterocycles. The van der Waals surface area contributed by atoms with Gasteiger partial charge in [0.1, 0.15) is 6.33 Å². The van der Waals surface area contributed by atoms with E-state index in [9.17, 15) is 0 Å². The molecule has 4 heteroatoms. The van der Waals surface area contributed by atoms with Crippen LogP contribution in [0.3, 0.4) is 0 Å². The monoisotopic (exact) mass is 261 g/mol. The van der Waals surface area contributed by atoms with Crippen LogP contribution in [-0.4, -0.2) is 20.5 Å².